The van der Waals surface area contributed by atoms with Crippen molar-refractivity contribution in [2.45, 2.75) is 19.9 Å². The van der Waals surface area contributed by atoms with E-state index in [0.717, 1.165) is 39.7 Å². The summed E-state index contributed by atoms with van der Waals surface area (Å²) in [7, 11) is 1.53. The SMILES string of the molecule is COc1cc(-c2cc(-c3cccc4c3OCO4)cc(NC(C)C)n2)ccc1O. The summed E-state index contributed by atoms with van der Waals surface area (Å²) in [4.78, 5) is 4.75. The van der Waals surface area contributed by atoms with Gasteiger partial charge in [0.05, 0.1) is 12.8 Å². The Balaban J connectivity index is 1.86. The molecule has 2 N–H and O–H groups in total. The summed E-state index contributed by atoms with van der Waals surface area (Å²) in [5, 5.41) is 13.3. The average molecular weight is 378 g/mol. The highest BCUT2D eigenvalue weighted by Gasteiger charge is 2.20. The molecule has 3 aromatic rings. The fraction of sp³-hybridized carbons (Fsp3) is 0.227. The molecule has 0 saturated heterocycles. The number of nitrogens with zero attached hydrogens (tertiary/aromatic N) is 1. The highest BCUT2D eigenvalue weighted by molar-refractivity contribution is 5.80. The van der Waals surface area contributed by atoms with E-state index in [-0.39, 0.29) is 18.6 Å². The third-order valence-corrected chi connectivity index (χ3v) is 4.44. The number of phenols is 1. The van der Waals surface area contributed by atoms with Gasteiger partial charge < -0.3 is 24.6 Å². The third kappa shape index (κ3) is 3.41. The molecule has 4 rings (SSSR count). The van der Waals surface area contributed by atoms with Crippen LogP contribution in [0.25, 0.3) is 22.4 Å². The summed E-state index contributed by atoms with van der Waals surface area (Å²) in [5.74, 6) is 2.72. The lowest BCUT2D eigenvalue weighted by Crippen LogP contribution is -2.11. The zero-order chi connectivity index (χ0) is 19.7. The van der Waals surface area contributed by atoms with E-state index in [9.17, 15) is 5.11 Å². The molecule has 1 aliphatic rings. The number of pyridine rings is 1. The molecule has 0 amide bonds. The number of fused-ring (bicyclic) bond motifs is 1. The van der Waals surface area contributed by atoms with Crippen molar-refractivity contribution in [2.75, 3.05) is 19.2 Å². The Kier molecular flexibility index (Phi) is 4.69. The van der Waals surface area contributed by atoms with Gasteiger partial charge in [0.1, 0.15) is 5.82 Å². The lowest BCUT2D eigenvalue weighted by Gasteiger charge is -2.15. The van der Waals surface area contributed by atoms with Gasteiger partial charge in [-0.25, -0.2) is 4.98 Å². The van der Waals surface area contributed by atoms with Gasteiger partial charge in [0.15, 0.2) is 23.0 Å². The first-order valence-electron chi connectivity index (χ1n) is 9.10. The van der Waals surface area contributed by atoms with Crippen molar-refractivity contribution in [3.63, 3.8) is 0 Å². The number of aromatic nitrogens is 1. The summed E-state index contributed by atoms with van der Waals surface area (Å²) in [6.07, 6.45) is 0. The predicted molar refractivity (Wildman–Crippen MR) is 108 cm³/mol. The number of hydrogen-bond donors (Lipinski definition) is 2. The van der Waals surface area contributed by atoms with E-state index in [1.54, 1.807) is 12.1 Å². The number of methoxy groups -OCH3 is 1. The first kappa shape index (κ1) is 18.0. The summed E-state index contributed by atoms with van der Waals surface area (Å²) in [5.41, 5.74) is 3.50. The lowest BCUT2D eigenvalue weighted by atomic mass is 10.0. The van der Waals surface area contributed by atoms with Crippen molar-refractivity contribution < 1.29 is 19.3 Å². The van der Waals surface area contributed by atoms with Crippen LogP contribution in [0.3, 0.4) is 0 Å². The number of phenolic OH excluding ortho intramolecular Hbond substituents is 1. The Bertz CT molecular complexity index is 1020. The van der Waals surface area contributed by atoms with Gasteiger partial charge in [0, 0.05) is 17.2 Å². The van der Waals surface area contributed by atoms with Crippen molar-refractivity contribution in [2.24, 2.45) is 0 Å². The molecular formula is C22H22N2O4. The monoisotopic (exact) mass is 378 g/mol. The molecule has 0 atom stereocenters. The third-order valence-electron chi connectivity index (χ3n) is 4.44. The highest BCUT2D eigenvalue weighted by Crippen LogP contribution is 2.42. The van der Waals surface area contributed by atoms with Crippen molar-refractivity contribution in [1.29, 1.82) is 0 Å². The van der Waals surface area contributed by atoms with Crippen molar-refractivity contribution in [1.82, 2.24) is 4.98 Å². The quantitative estimate of drug-likeness (QED) is 0.672. The fourth-order valence-corrected chi connectivity index (χ4v) is 3.20. The van der Waals surface area contributed by atoms with Crippen LogP contribution in [-0.4, -0.2) is 30.0 Å². The second-order valence-electron chi connectivity index (χ2n) is 6.85. The normalized spacial score (nSPS) is 12.3. The van der Waals surface area contributed by atoms with Gasteiger partial charge in [0.2, 0.25) is 6.79 Å². The van der Waals surface area contributed by atoms with E-state index < -0.39 is 0 Å². The maximum absolute atomic E-state index is 9.91. The van der Waals surface area contributed by atoms with E-state index in [0.29, 0.717) is 5.75 Å². The van der Waals surface area contributed by atoms with Gasteiger partial charge in [-0.1, -0.05) is 12.1 Å². The second kappa shape index (κ2) is 7.31. The topological polar surface area (TPSA) is 72.8 Å². The smallest absolute Gasteiger partial charge is 0.231 e. The first-order chi connectivity index (χ1) is 13.5. The maximum atomic E-state index is 9.91. The van der Waals surface area contributed by atoms with Gasteiger partial charge >= 0.3 is 0 Å². The van der Waals surface area contributed by atoms with E-state index in [1.807, 2.05) is 36.4 Å². The van der Waals surface area contributed by atoms with E-state index in [2.05, 4.69) is 19.2 Å². The minimum absolute atomic E-state index is 0.0920. The lowest BCUT2D eigenvalue weighted by molar-refractivity contribution is 0.174. The molecule has 0 bridgehead atoms. The molecule has 0 saturated carbocycles. The Morgan fingerprint density at radius 2 is 1.93 bits per heavy atom. The first-order valence-corrected chi connectivity index (χ1v) is 9.10. The molecule has 144 valence electrons. The molecule has 6 nitrogen and oxygen atoms in total. The number of rotatable bonds is 5. The molecule has 1 aromatic heterocycles. The molecule has 0 radical (unpaired) electrons. The van der Waals surface area contributed by atoms with Crippen LogP contribution in [0.15, 0.2) is 48.5 Å². The van der Waals surface area contributed by atoms with Crippen molar-refractivity contribution in [3.05, 3.63) is 48.5 Å². The number of benzene rings is 2. The zero-order valence-electron chi connectivity index (χ0n) is 16.0. The average Bonchev–Trinajstić information content (AvgIpc) is 3.16. The van der Waals surface area contributed by atoms with E-state index in [4.69, 9.17) is 19.2 Å². The minimum atomic E-state index is 0.0920. The molecule has 2 heterocycles. The van der Waals surface area contributed by atoms with Crippen LogP contribution < -0.4 is 19.5 Å². The number of ether oxygens (including phenoxy) is 3. The summed E-state index contributed by atoms with van der Waals surface area (Å²) >= 11 is 0. The van der Waals surface area contributed by atoms with Crippen LogP contribution in [0.4, 0.5) is 5.82 Å². The molecule has 28 heavy (non-hydrogen) atoms. The van der Waals surface area contributed by atoms with E-state index in [1.165, 1.54) is 7.11 Å². The Morgan fingerprint density at radius 1 is 1.07 bits per heavy atom. The van der Waals surface area contributed by atoms with Gasteiger partial charge in [-0.05, 0) is 55.8 Å². The van der Waals surface area contributed by atoms with Crippen molar-refractivity contribution in [3.8, 4) is 45.4 Å². The minimum Gasteiger partial charge on any atom is -0.504 e. The molecule has 0 aliphatic carbocycles. The molecule has 1 aliphatic heterocycles. The Labute approximate surface area is 163 Å². The van der Waals surface area contributed by atoms with E-state index >= 15 is 0 Å². The predicted octanol–water partition coefficient (Wildman–Crippen LogP) is 4.68. The highest BCUT2D eigenvalue weighted by atomic mass is 16.7. The molecule has 2 aromatic carbocycles. The second-order valence-corrected chi connectivity index (χ2v) is 6.85. The molecule has 6 heteroatoms. The van der Waals surface area contributed by atoms with Gasteiger partial charge in [-0.2, -0.15) is 0 Å². The fourth-order valence-electron chi connectivity index (χ4n) is 3.20. The van der Waals surface area contributed by atoms with Crippen LogP contribution in [0, 0.1) is 0 Å². The summed E-state index contributed by atoms with van der Waals surface area (Å²) in [6, 6.07) is 15.3. The van der Waals surface area contributed by atoms with Crippen LogP contribution in [0.2, 0.25) is 0 Å². The van der Waals surface area contributed by atoms with Crippen LogP contribution in [-0.2, 0) is 0 Å². The number of nitrogens with one attached hydrogen (secondary N) is 1. The molecule has 0 unspecified atom stereocenters. The molecule has 0 spiro atoms. The standard InChI is InChI=1S/C22H22N2O4/c1-13(2)23-21-11-15(16-5-4-6-19-22(16)28-12-27-19)9-17(24-21)14-7-8-18(25)20(10-14)26-3/h4-11,13,25H,12H2,1-3H3,(H,23,24). The van der Waals surface area contributed by atoms with Gasteiger partial charge in [-0.15, -0.1) is 0 Å². The van der Waals surface area contributed by atoms with Crippen molar-refractivity contribution >= 4 is 5.82 Å². The Hall–Kier alpha value is -3.41. The molecular weight excluding hydrogens is 356 g/mol. The zero-order valence-corrected chi connectivity index (χ0v) is 16.0. The molecule has 0 fully saturated rings. The van der Waals surface area contributed by atoms with Crippen LogP contribution in [0.1, 0.15) is 13.8 Å². The Morgan fingerprint density at radius 3 is 2.71 bits per heavy atom. The summed E-state index contributed by atoms with van der Waals surface area (Å²) in [6.45, 7) is 4.35. The van der Waals surface area contributed by atoms with Crippen LogP contribution >= 0.6 is 0 Å². The largest absolute Gasteiger partial charge is 0.504 e. The maximum Gasteiger partial charge on any atom is 0.231 e. The number of aromatic hydroxyl groups is 1. The number of hydrogen-bond acceptors (Lipinski definition) is 6. The van der Waals surface area contributed by atoms with Crippen LogP contribution in [0.5, 0.6) is 23.0 Å². The van der Waals surface area contributed by atoms with Gasteiger partial charge in [-0.3, -0.25) is 0 Å². The number of para-hydroxylation sites is 1. The number of anilines is 1. The summed E-state index contributed by atoms with van der Waals surface area (Å²) < 4.78 is 16.5. The van der Waals surface area contributed by atoms with Gasteiger partial charge in [0.25, 0.3) is 0 Å².